The summed E-state index contributed by atoms with van der Waals surface area (Å²) in [5.74, 6) is 0.404. The van der Waals surface area contributed by atoms with Crippen LogP contribution in [0.5, 0.6) is 5.75 Å². The van der Waals surface area contributed by atoms with Crippen molar-refractivity contribution in [1.82, 2.24) is 9.88 Å². The highest BCUT2D eigenvalue weighted by Crippen LogP contribution is 2.23. The van der Waals surface area contributed by atoms with Crippen LogP contribution in [0.3, 0.4) is 0 Å². The summed E-state index contributed by atoms with van der Waals surface area (Å²) in [5.41, 5.74) is 0.794. The highest BCUT2D eigenvalue weighted by Gasteiger charge is 2.21. The van der Waals surface area contributed by atoms with E-state index in [0.717, 1.165) is 0 Å². The van der Waals surface area contributed by atoms with Crippen molar-refractivity contribution in [3.63, 3.8) is 0 Å². The van der Waals surface area contributed by atoms with Crippen LogP contribution in [-0.2, 0) is 11.3 Å². The Morgan fingerprint density at radius 1 is 1.11 bits per heavy atom. The highest BCUT2D eigenvalue weighted by atomic mass is 16.5. The fraction of sp³-hybridized carbons (Fsp3) is 0.150. The van der Waals surface area contributed by atoms with Gasteiger partial charge in [0.25, 0.3) is 5.91 Å². The van der Waals surface area contributed by atoms with Crippen molar-refractivity contribution in [2.24, 2.45) is 0 Å². The molecule has 138 valence electrons. The lowest BCUT2D eigenvalue weighted by Crippen LogP contribution is -2.37. The summed E-state index contributed by atoms with van der Waals surface area (Å²) < 4.78 is 10.6. The second kappa shape index (κ2) is 8.66. The van der Waals surface area contributed by atoms with E-state index < -0.39 is 0 Å². The Bertz CT molecular complexity index is 895. The molecule has 0 fully saturated rings. The number of hydrogen-bond donors (Lipinski definition) is 1. The van der Waals surface area contributed by atoms with E-state index in [-0.39, 0.29) is 30.6 Å². The van der Waals surface area contributed by atoms with Gasteiger partial charge >= 0.3 is 0 Å². The molecule has 27 heavy (non-hydrogen) atoms. The molecule has 3 rings (SSSR count). The number of furan rings is 1. The summed E-state index contributed by atoms with van der Waals surface area (Å²) in [6, 6.07) is 15.6. The number of para-hydroxylation sites is 2. The lowest BCUT2D eigenvalue weighted by Gasteiger charge is -2.21. The first-order valence-electron chi connectivity index (χ1n) is 8.33. The quantitative estimate of drug-likeness (QED) is 0.696. The molecular formula is C20H19N3O4. The van der Waals surface area contributed by atoms with Crippen LogP contribution in [-0.4, -0.2) is 35.4 Å². The predicted molar refractivity (Wildman–Crippen MR) is 99.3 cm³/mol. The van der Waals surface area contributed by atoms with E-state index in [2.05, 4.69) is 10.3 Å². The normalized spacial score (nSPS) is 10.3. The Morgan fingerprint density at radius 3 is 2.63 bits per heavy atom. The number of nitrogens with one attached hydrogen (secondary N) is 1. The van der Waals surface area contributed by atoms with Gasteiger partial charge in [-0.1, -0.05) is 18.2 Å². The van der Waals surface area contributed by atoms with Crippen molar-refractivity contribution < 1.29 is 18.7 Å². The molecule has 0 bridgehead atoms. The molecule has 3 aromatic rings. The number of carbonyl (C=O) groups excluding carboxylic acids is 2. The molecule has 2 amide bonds. The third-order valence-corrected chi connectivity index (χ3v) is 3.81. The number of amides is 2. The number of benzene rings is 1. The topological polar surface area (TPSA) is 84.7 Å². The van der Waals surface area contributed by atoms with E-state index in [1.807, 2.05) is 6.07 Å². The van der Waals surface area contributed by atoms with Gasteiger partial charge in [0.1, 0.15) is 23.7 Å². The van der Waals surface area contributed by atoms with Crippen LogP contribution in [0.4, 0.5) is 5.69 Å². The zero-order valence-corrected chi connectivity index (χ0v) is 14.8. The van der Waals surface area contributed by atoms with Crippen LogP contribution in [0.2, 0.25) is 0 Å². The van der Waals surface area contributed by atoms with Gasteiger partial charge in [0.2, 0.25) is 5.91 Å². The zero-order valence-electron chi connectivity index (χ0n) is 14.8. The Balaban J connectivity index is 1.76. The van der Waals surface area contributed by atoms with Crippen molar-refractivity contribution >= 4 is 17.5 Å². The van der Waals surface area contributed by atoms with Gasteiger partial charge in [-0.2, -0.15) is 0 Å². The lowest BCUT2D eigenvalue weighted by molar-refractivity contribution is -0.117. The molecular weight excluding hydrogens is 346 g/mol. The SMILES string of the molecule is COc1ccccc1NC(=O)CN(Cc1ccco1)C(=O)c1ccccn1. The third kappa shape index (κ3) is 4.72. The second-order valence-corrected chi connectivity index (χ2v) is 5.70. The van der Waals surface area contributed by atoms with Gasteiger partial charge in [0.05, 0.1) is 25.6 Å². The molecule has 0 radical (unpaired) electrons. The molecule has 0 spiro atoms. The average molecular weight is 365 g/mol. The highest BCUT2D eigenvalue weighted by molar-refractivity contribution is 5.99. The Labute approximate surface area is 156 Å². The van der Waals surface area contributed by atoms with Gasteiger partial charge in [0, 0.05) is 6.20 Å². The number of nitrogens with zero attached hydrogens (tertiary/aromatic N) is 2. The van der Waals surface area contributed by atoms with Gasteiger partial charge in [-0.3, -0.25) is 14.6 Å². The number of aromatic nitrogens is 1. The molecule has 1 aromatic carbocycles. The van der Waals surface area contributed by atoms with Crippen molar-refractivity contribution in [2.45, 2.75) is 6.54 Å². The standard InChI is InChI=1S/C20H19N3O4/c1-26-18-10-3-2-8-16(18)22-19(24)14-23(13-15-7-6-12-27-15)20(25)17-9-4-5-11-21-17/h2-12H,13-14H2,1H3,(H,22,24). The molecule has 0 aliphatic heterocycles. The summed E-state index contributed by atoms with van der Waals surface area (Å²) >= 11 is 0. The summed E-state index contributed by atoms with van der Waals surface area (Å²) in [5, 5.41) is 2.77. The first kappa shape index (κ1) is 18.2. The molecule has 0 unspecified atom stereocenters. The monoisotopic (exact) mass is 365 g/mol. The van der Waals surface area contributed by atoms with E-state index in [9.17, 15) is 9.59 Å². The second-order valence-electron chi connectivity index (χ2n) is 5.70. The molecule has 0 aliphatic carbocycles. The Kier molecular flexibility index (Phi) is 5.84. The Hall–Kier alpha value is -3.61. The van der Waals surface area contributed by atoms with E-state index in [1.54, 1.807) is 48.5 Å². The smallest absolute Gasteiger partial charge is 0.273 e. The van der Waals surface area contributed by atoms with Crippen molar-refractivity contribution in [3.8, 4) is 5.75 Å². The third-order valence-electron chi connectivity index (χ3n) is 3.81. The molecule has 0 atom stereocenters. The van der Waals surface area contributed by atoms with E-state index >= 15 is 0 Å². The number of anilines is 1. The first-order valence-corrected chi connectivity index (χ1v) is 8.33. The molecule has 0 saturated heterocycles. The van der Waals surface area contributed by atoms with Crippen LogP contribution < -0.4 is 10.1 Å². The fourth-order valence-corrected chi connectivity index (χ4v) is 2.55. The number of ether oxygens (including phenoxy) is 1. The molecule has 1 N–H and O–H groups in total. The van der Waals surface area contributed by atoms with Gasteiger partial charge in [-0.05, 0) is 36.4 Å². The minimum atomic E-state index is -0.359. The molecule has 2 aromatic heterocycles. The van der Waals surface area contributed by atoms with Crippen LogP contribution in [0.15, 0.2) is 71.5 Å². The summed E-state index contributed by atoms with van der Waals surface area (Å²) in [6.07, 6.45) is 3.06. The van der Waals surface area contributed by atoms with Crippen LogP contribution in [0, 0.1) is 0 Å². The number of pyridine rings is 1. The molecule has 7 heteroatoms. The largest absolute Gasteiger partial charge is 0.495 e. The lowest BCUT2D eigenvalue weighted by atomic mass is 10.2. The van der Waals surface area contributed by atoms with Crippen LogP contribution in [0.1, 0.15) is 16.2 Å². The molecule has 0 saturated carbocycles. The van der Waals surface area contributed by atoms with Crippen LogP contribution >= 0.6 is 0 Å². The number of rotatable bonds is 7. The first-order chi connectivity index (χ1) is 13.2. The van der Waals surface area contributed by atoms with E-state index in [0.29, 0.717) is 17.2 Å². The average Bonchev–Trinajstić information content (AvgIpc) is 3.21. The van der Waals surface area contributed by atoms with Gasteiger partial charge < -0.3 is 19.4 Å². The number of hydrogen-bond acceptors (Lipinski definition) is 5. The van der Waals surface area contributed by atoms with Crippen LogP contribution in [0.25, 0.3) is 0 Å². The maximum Gasteiger partial charge on any atom is 0.273 e. The molecule has 2 heterocycles. The van der Waals surface area contributed by atoms with E-state index in [1.165, 1.54) is 24.5 Å². The number of methoxy groups -OCH3 is 1. The van der Waals surface area contributed by atoms with Crippen molar-refractivity contribution in [2.75, 3.05) is 19.0 Å². The van der Waals surface area contributed by atoms with Crippen molar-refractivity contribution in [1.29, 1.82) is 0 Å². The van der Waals surface area contributed by atoms with Gasteiger partial charge in [0.15, 0.2) is 0 Å². The minimum Gasteiger partial charge on any atom is -0.495 e. The predicted octanol–water partition coefficient (Wildman–Crippen LogP) is 2.96. The van der Waals surface area contributed by atoms with Gasteiger partial charge in [-0.25, -0.2) is 0 Å². The fourth-order valence-electron chi connectivity index (χ4n) is 2.55. The summed E-state index contributed by atoms with van der Waals surface area (Å²) in [6.45, 7) is -0.00406. The van der Waals surface area contributed by atoms with E-state index in [4.69, 9.17) is 9.15 Å². The number of carbonyl (C=O) groups is 2. The molecule has 7 nitrogen and oxygen atoms in total. The van der Waals surface area contributed by atoms with Gasteiger partial charge in [-0.15, -0.1) is 0 Å². The maximum absolute atomic E-state index is 12.8. The van der Waals surface area contributed by atoms with Crippen molar-refractivity contribution in [3.05, 3.63) is 78.5 Å². The summed E-state index contributed by atoms with van der Waals surface area (Å²) in [7, 11) is 1.53. The molecule has 0 aliphatic rings. The minimum absolute atomic E-state index is 0.155. The summed E-state index contributed by atoms with van der Waals surface area (Å²) in [4.78, 5) is 30.8. The zero-order chi connectivity index (χ0) is 19.1. The maximum atomic E-state index is 12.8. The Morgan fingerprint density at radius 2 is 1.93 bits per heavy atom.